The zero-order chi connectivity index (χ0) is 27.4. The van der Waals surface area contributed by atoms with Crippen LogP contribution in [-0.4, -0.2) is 67.0 Å². The summed E-state index contributed by atoms with van der Waals surface area (Å²) in [6.45, 7) is 8.25. The van der Waals surface area contributed by atoms with E-state index in [-0.39, 0.29) is 18.0 Å². The number of anilines is 1. The number of pyridine rings is 1. The summed E-state index contributed by atoms with van der Waals surface area (Å²) in [5, 5.41) is 7.63. The maximum absolute atomic E-state index is 13.8. The lowest BCUT2D eigenvalue weighted by Crippen LogP contribution is -2.34. The molecule has 0 bridgehead atoms. The van der Waals surface area contributed by atoms with Crippen LogP contribution in [0.4, 0.5) is 5.95 Å². The molecule has 0 saturated carbocycles. The maximum atomic E-state index is 13.8. The molecule has 1 saturated heterocycles. The lowest BCUT2D eigenvalue weighted by atomic mass is 10.1. The van der Waals surface area contributed by atoms with Crippen molar-refractivity contribution in [3.8, 4) is 17.2 Å². The summed E-state index contributed by atoms with van der Waals surface area (Å²) >= 11 is 0. The van der Waals surface area contributed by atoms with Crippen LogP contribution in [-0.2, 0) is 19.5 Å². The van der Waals surface area contributed by atoms with Gasteiger partial charge in [0, 0.05) is 18.7 Å². The monoisotopic (exact) mass is 545 g/mol. The molecule has 2 aromatic heterocycles. The number of para-hydroxylation sites is 1. The van der Waals surface area contributed by atoms with E-state index in [0.717, 1.165) is 12.0 Å². The number of nitrogens with one attached hydrogen (secondary N) is 1. The van der Waals surface area contributed by atoms with E-state index in [1.165, 1.54) is 14.2 Å². The first-order valence-corrected chi connectivity index (χ1v) is 14.0. The van der Waals surface area contributed by atoms with Gasteiger partial charge >= 0.3 is 0 Å². The van der Waals surface area contributed by atoms with Gasteiger partial charge in [-0.15, -0.1) is 10.2 Å². The number of hydrogen-bond donors (Lipinski definition) is 1. The van der Waals surface area contributed by atoms with Crippen LogP contribution in [0.25, 0.3) is 5.69 Å². The van der Waals surface area contributed by atoms with Crippen molar-refractivity contribution in [1.82, 2.24) is 19.7 Å². The molecular formula is C26H35N5O6S. The predicted molar refractivity (Wildman–Crippen MR) is 143 cm³/mol. The molecule has 1 fully saturated rings. The van der Waals surface area contributed by atoms with Gasteiger partial charge < -0.3 is 18.9 Å². The predicted octanol–water partition coefficient (Wildman–Crippen LogP) is 3.79. The Morgan fingerprint density at radius 3 is 2.34 bits per heavy atom. The number of sulfonamides is 1. The molecule has 0 aliphatic carbocycles. The topological polar surface area (TPSA) is 127 Å². The van der Waals surface area contributed by atoms with Gasteiger partial charge in [0.05, 0.1) is 32.6 Å². The minimum absolute atomic E-state index is 0.0155. The Morgan fingerprint density at radius 1 is 1.08 bits per heavy atom. The van der Waals surface area contributed by atoms with Crippen LogP contribution in [0.3, 0.4) is 0 Å². The molecule has 12 heteroatoms. The molecule has 1 aliphatic heterocycles. The fourth-order valence-corrected chi connectivity index (χ4v) is 5.48. The SMILES string of the molecule is COc1cccc(OC)c1-n1c(NS(=O)(=O)[C@@H](C)[C@@H](OC(C)C)c2ccc(C)cn2)nnc1[C@@H]1CCOC1. The van der Waals surface area contributed by atoms with Crippen molar-refractivity contribution in [3.05, 3.63) is 53.6 Å². The van der Waals surface area contributed by atoms with Crippen LogP contribution in [0.5, 0.6) is 11.5 Å². The summed E-state index contributed by atoms with van der Waals surface area (Å²) in [6.07, 6.45) is 1.38. The Morgan fingerprint density at radius 2 is 1.79 bits per heavy atom. The third-order valence-corrected chi connectivity index (χ3v) is 8.10. The van der Waals surface area contributed by atoms with Gasteiger partial charge in [0.25, 0.3) is 0 Å². The Balaban J connectivity index is 1.78. The van der Waals surface area contributed by atoms with Crippen molar-refractivity contribution in [2.45, 2.75) is 57.5 Å². The van der Waals surface area contributed by atoms with Gasteiger partial charge in [0.1, 0.15) is 34.4 Å². The molecule has 11 nitrogen and oxygen atoms in total. The number of ether oxygens (including phenoxy) is 4. The van der Waals surface area contributed by atoms with Gasteiger partial charge in [0.2, 0.25) is 16.0 Å². The summed E-state index contributed by atoms with van der Waals surface area (Å²) in [4.78, 5) is 4.44. The summed E-state index contributed by atoms with van der Waals surface area (Å²) in [5.41, 5.74) is 1.98. The van der Waals surface area contributed by atoms with Crippen molar-refractivity contribution in [1.29, 1.82) is 0 Å². The van der Waals surface area contributed by atoms with Crippen LogP contribution in [0.15, 0.2) is 36.5 Å². The summed E-state index contributed by atoms with van der Waals surface area (Å²) in [7, 11) is -0.973. The van der Waals surface area contributed by atoms with Gasteiger partial charge in [-0.25, -0.2) is 8.42 Å². The number of hydrogen-bond acceptors (Lipinski definition) is 9. The van der Waals surface area contributed by atoms with Gasteiger partial charge in [0.15, 0.2) is 0 Å². The summed E-state index contributed by atoms with van der Waals surface area (Å²) in [6, 6.07) is 8.99. The molecule has 1 N–H and O–H groups in total. The van der Waals surface area contributed by atoms with Crippen molar-refractivity contribution >= 4 is 16.0 Å². The molecule has 0 spiro atoms. The highest BCUT2D eigenvalue weighted by molar-refractivity contribution is 7.93. The third kappa shape index (κ3) is 5.77. The second-order valence-corrected chi connectivity index (χ2v) is 11.5. The molecule has 38 heavy (non-hydrogen) atoms. The fraction of sp³-hybridized carbons (Fsp3) is 0.500. The van der Waals surface area contributed by atoms with E-state index in [1.807, 2.05) is 26.8 Å². The van der Waals surface area contributed by atoms with Crippen molar-refractivity contribution in [3.63, 3.8) is 0 Å². The smallest absolute Gasteiger partial charge is 0.243 e. The first kappa shape index (κ1) is 27.8. The van der Waals surface area contributed by atoms with Crippen LogP contribution in [0, 0.1) is 6.92 Å². The fourth-order valence-electron chi connectivity index (χ4n) is 4.38. The van der Waals surface area contributed by atoms with Crippen LogP contribution in [0.1, 0.15) is 56.3 Å². The van der Waals surface area contributed by atoms with Crippen molar-refractivity contribution in [2.75, 3.05) is 32.2 Å². The van der Waals surface area contributed by atoms with Crippen LogP contribution < -0.4 is 14.2 Å². The molecule has 4 rings (SSSR count). The molecular weight excluding hydrogens is 510 g/mol. The largest absolute Gasteiger partial charge is 0.494 e. The highest BCUT2D eigenvalue weighted by Gasteiger charge is 2.36. The van der Waals surface area contributed by atoms with E-state index in [9.17, 15) is 8.42 Å². The number of nitrogens with zero attached hydrogens (tertiary/aromatic N) is 4. The van der Waals surface area contributed by atoms with Crippen LogP contribution in [0.2, 0.25) is 0 Å². The van der Waals surface area contributed by atoms with E-state index in [2.05, 4.69) is 19.9 Å². The quantitative estimate of drug-likeness (QED) is 0.383. The molecule has 3 aromatic rings. The van der Waals surface area contributed by atoms with Crippen molar-refractivity contribution in [2.24, 2.45) is 0 Å². The highest BCUT2D eigenvalue weighted by atomic mass is 32.2. The number of rotatable bonds is 11. The Bertz CT molecular complexity index is 1310. The number of methoxy groups -OCH3 is 2. The lowest BCUT2D eigenvalue weighted by molar-refractivity contribution is 0.00416. The molecule has 0 unspecified atom stereocenters. The minimum atomic E-state index is -4.05. The Labute approximate surface area is 223 Å². The van der Waals surface area contributed by atoms with E-state index < -0.39 is 21.4 Å². The molecule has 206 valence electrons. The number of benzene rings is 1. The molecule has 0 amide bonds. The summed E-state index contributed by atoms with van der Waals surface area (Å²) in [5.74, 6) is 1.43. The number of aromatic nitrogens is 4. The maximum Gasteiger partial charge on any atom is 0.243 e. The molecule has 0 radical (unpaired) electrons. The van der Waals surface area contributed by atoms with Crippen molar-refractivity contribution < 1.29 is 27.4 Å². The first-order valence-electron chi connectivity index (χ1n) is 12.5. The van der Waals surface area contributed by atoms with E-state index in [4.69, 9.17) is 18.9 Å². The zero-order valence-corrected chi connectivity index (χ0v) is 23.4. The highest BCUT2D eigenvalue weighted by Crippen LogP contribution is 2.38. The Hall–Kier alpha value is -3.22. The van der Waals surface area contributed by atoms with Gasteiger partial charge in [-0.3, -0.25) is 14.3 Å². The average Bonchev–Trinajstić information content (AvgIpc) is 3.56. The first-order chi connectivity index (χ1) is 18.2. The Kier molecular flexibility index (Phi) is 8.54. The standard InChI is InChI=1S/C26H35N5O6S/c1-16(2)37-24(20-11-10-17(3)14-27-20)18(4)38(32,33)30-26-29-28-25(19-12-13-36-15-19)31(26)23-21(34-5)8-7-9-22(23)35-6/h7-11,14,16,18-19,24H,12-13,15H2,1-6H3,(H,29,30)/t18-,19+,24+/m0/s1. The minimum Gasteiger partial charge on any atom is -0.494 e. The second-order valence-electron chi connectivity index (χ2n) is 9.51. The lowest BCUT2D eigenvalue weighted by Gasteiger charge is -2.26. The normalized spacial score (nSPS) is 17.4. The molecule has 3 atom stereocenters. The summed E-state index contributed by atoms with van der Waals surface area (Å²) < 4.78 is 54.8. The molecule has 1 aromatic carbocycles. The van der Waals surface area contributed by atoms with Gasteiger partial charge in [-0.2, -0.15) is 0 Å². The van der Waals surface area contributed by atoms with Crippen LogP contribution >= 0.6 is 0 Å². The third-order valence-electron chi connectivity index (χ3n) is 6.40. The van der Waals surface area contributed by atoms with Gasteiger partial charge in [-0.1, -0.05) is 12.1 Å². The van der Waals surface area contributed by atoms with Gasteiger partial charge in [-0.05, 0) is 57.9 Å². The average molecular weight is 546 g/mol. The second kappa shape index (κ2) is 11.7. The van der Waals surface area contributed by atoms with E-state index >= 15 is 0 Å². The van der Waals surface area contributed by atoms with E-state index in [0.29, 0.717) is 41.9 Å². The van der Waals surface area contributed by atoms with E-state index in [1.54, 1.807) is 42.0 Å². The zero-order valence-electron chi connectivity index (χ0n) is 22.5. The number of aryl methyl sites for hydroxylation is 1. The molecule has 1 aliphatic rings. The molecule has 3 heterocycles.